The van der Waals surface area contributed by atoms with Gasteiger partial charge in [-0.2, -0.15) is 0 Å². The third-order valence-electron chi connectivity index (χ3n) is 7.11. The van der Waals surface area contributed by atoms with E-state index < -0.39 is 29.5 Å². The van der Waals surface area contributed by atoms with Crippen LogP contribution in [0.25, 0.3) is 11.0 Å². The van der Waals surface area contributed by atoms with Gasteiger partial charge >= 0.3 is 0 Å². The van der Waals surface area contributed by atoms with Crippen LogP contribution in [-0.4, -0.2) is 56.5 Å². The maximum absolute atomic E-state index is 13.8. The van der Waals surface area contributed by atoms with Crippen LogP contribution < -0.4 is 0 Å². The topological polar surface area (TPSA) is 75.6 Å². The fourth-order valence-electron chi connectivity index (χ4n) is 5.43. The largest absolute Gasteiger partial charge is 0.342 e. The lowest BCUT2D eigenvalue weighted by Gasteiger charge is -2.37. The smallest absolute Gasteiger partial charge is 0.274 e. The summed E-state index contributed by atoms with van der Waals surface area (Å²) in [5.74, 6) is -1.72. The summed E-state index contributed by atoms with van der Waals surface area (Å²) >= 11 is 0. The van der Waals surface area contributed by atoms with E-state index in [-0.39, 0.29) is 17.5 Å². The summed E-state index contributed by atoms with van der Waals surface area (Å²) in [5.41, 5.74) is 1.06. The molecule has 1 unspecified atom stereocenters. The number of fused-ring (bicyclic) bond motifs is 2. The van der Waals surface area contributed by atoms with Crippen molar-refractivity contribution in [1.29, 1.82) is 0 Å². The Morgan fingerprint density at radius 2 is 1.74 bits per heavy atom. The lowest BCUT2D eigenvalue weighted by molar-refractivity contribution is -0.142. The minimum atomic E-state index is -1.01. The van der Waals surface area contributed by atoms with Crippen molar-refractivity contribution in [3.8, 4) is 0 Å². The number of hydrogen-bond acceptors (Lipinski definition) is 5. The van der Waals surface area contributed by atoms with E-state index in [1.165, 1.54) is 18.3 Å². The van der Waals surface area contributed by atoms with Gasteiger partial charge in [-0.1, -0.05) is 12.1 Å². The molecule has 9 heteroatoms. The number of ether oxygens (including phenoxy) is 1. The summed E-state index contributed by atoms with van der Waals surface area (Å²) in [5, 5.41) is 0. The molecular weight excluding hydrogens is 442 g/mol. The predicted molar refractivity (Wildman–Crippen MR) is 117 cm³/mol. The highest BCUT2D eigenvalue weighted by Crippen LogP contribution is 2.47. The number of nitrogens with zero attached hydrogens (tertiary/aromatic N) is 4. The maximum Gasteiger partial charge on any atom is 0.274 e. The van der Waals surface area contributed by atoms with Gasteiger partial charge in [0.05, 0.1) is 23.3 Å². The molecule has 0 aliphatic carbocycles. The molecule has 3 aliphatic rings. The number of hydrogen-bond donors (Lipinski definition) is 0. The summed E-state index contributed by atoms with van der Waals surface area (Å²) in [6.07, 6.45) is 2.96. The first-order valence-corrected chi connectivity index (χ1v) is 11.4. The minimum absolute atomic E-state index is 0.165. The summed E-state index contributed by atoms with van der Waals surface area (Å²) in [7, 11) is 0. The predicted octanol–water partition coefficient (Wildman–Crippen LogP) is 3.60. The van der Waals surface area contributed by atoms with Gasteiger partial charge in [-0.25, -0.2) is 13.8 Å². The van der Waals surface area contributed by atoms with E-state index in [2.05, 4.69) is 9.97 Å². The number of likely N-dealkylation sites (tertiary alicyclic amines) is 1. The first-order chi connectivity index (χ1) is 16.4. The quantitative estimate of drug-likeness (QED) is 0.579. The van der Waals surface area contributed by atoms with Crippen molar-refractivity contribution in [2.24, 2.45) is 0 Å². The van der Waals surface area contributed by atoms with Crippen molar-refractivity contribution in [2.75, 3.05) is 13.1 Å². The molecule has 3 saturated heterocycles. The zero-order chi connectivity index (χ0) is 23.4. The molecule has 174 valence electrons. The molecule has 3 aromatic rings. The van der Waals surface area contributed by atoms with E-state index in [1.807, 2.05) is 24.3 Å². The summed E-state index contributed by atoms with van der Waals surface area (Å²) in [4.78, 5) is 38.6. The molecule has 0 saturated carbocycles. The van der Waals surface area contributed by atoms with E-state index in [9.17, 15) is 18.4 Å². The van der Waals surface area contributed by atoms with Gasteiger partial charge in [-0.3, -0.25) is 14.6 Å². The summed E-state index contributed by atoms with van der Waals surface area (Å²) in [6, 6.07) is 10.3. The molecular formula is C25H22F2N4O3. The Hall–Kier alpha value is -3.46. The van der Waals surface area contributed by atoms with E-state index in [0.29, 0.717) is 49.9 Å². The molecule has 2 amide bonds. The summed E-state index contributed by atoms with van der Waals surface area (Å²) in [6.45, 7) is 0.692. The number of carbonyl (C=O) groups is 2. The Morgan fingerprint density at radius 3 is 2.47 bits per heavy atom. The molecule has 0 radical (unpaired) electrons. The second-order valence-electron chi connectivity index (χ2n) is 9.11. The highest BCUT2D eigenvalue weighted by atomic mass is 19.1. The second-order valence-corrected chi connectivity index (χ2v) is 9.11. The molecule has 4 heterocycles. The molecule has 6 rings (SSSR count). The van der Waals surface area contributed by atoms with E-state index in [1.54, 1.807) is 9.80 Å². The first kappa shape index (κ1) is 21.1. The van der Waals surface area contributed by atoms with Crippen LogP contribution in [0.15, 0.2) is 48.7 Å². The number of benzene rings is 2. The first-order valence-electron chi connectivity index (χ1n) is 11.4. The van der Waals surface area contributed by atoms with Crippen LogP contribution in [-0.2, 0) is 9.53 Å². The standard InChI is InChI=1S/C25H22F2N4O3/c26-16-11-15(12-17(27)13-16)21-5-6-22-31(21)24(33)25(34-22)7-9-30(10-8-25)23(32)20-14-28-18-3-1-2-4-19(18)29-20/h1-4,11-14,21-22H,5-10H2/t21-,22?/m0/s1. The molecule has 1 spiro atoms. The SMILES string of the molecule is O=C(c1cnc2ccccc2n1)N1CCC2(CC1)OC1CC[C@@H](c3cc(F)cc(F)c3)N1C2=O. The lowest BCUT2D eigenvalue weighted by atomic mass is 9.89. The normalized spacial score (nSPS) is 23.6. The van der Waals surface area contributed by atoms with Crippen molar-refractivity contribution in [3.63, 3.8) is 0 Å². The van der Waals surface area contributed by atoms with Gasteiger partial charge in [-0.15, -0.1) is 0 Å². The highest BCUT2D eigenvalue weighted by molar-refractivity contribution is 5.94. The zero-order valence-corrected chi connectivity index (χ0v) is 18.3. The van der Waals surface area contributed by atoms with Crippen LogP contribution >= 0.6 is 0 Å². The minimum Gasteiger partial charge on any atom is -0.342 e. The Bertz CT molecular complexity index is 1290. The van der Waals surface area contributed by atoms with Crippen LogP contribution in [0.4, 0.5) is 8.78 Å². The van der Waals surface area contributed by atoms with Crippen LogP contribution in [0.5, 0.6) is 0 Å². The number of halogens is 2. The molecule has 1 aromatic heterocycles. The molecule has 2 atom stereocenters. The average molecular weight is 464 g/mol. The molecule has 34 heavy (non-hydrogen) atoms. The fraction of sp³-hybridized carbons (Fsp3) is 0.360. The molecule has 0 bridgehead atoms. The number of piperidine rings is 1. The Balaban J connectivity index is 1.18. The number of amides is 2. The number of rotatable bonds is 2. The summed E-state index contributed by atoms with van der Waals surface area (Å²) < 4.78 is 33.8. The van der Waals surface area contributed by atoms with E-state index in [0.717, 1.165) is 11.6 Å². The van der Waals surface area contributed by atoms with E-state index in [4.69, 9.17) is 4.74 Å². The molecule has 3 aliphatic heterocycles. The van der Waals surface area contributed by atoms with Crippen LogP contribution in [0.3, 0.4) is 0 Å². The zero-order valence-electron chi connectivity index (χ0n) is 18.3. The third-order valence-corrected chi connectivity index (χ3v) is 7.11. The average Bonchev–Trinajstić information content (AvgIpc) is 3.36. The molecule has 2 aromatic carbocycles. The number of para-hydroxylation sites is 2. The Morgan fingerprint density at radius 1 is 1.03 bits per heavy atom. The number of aromatic nitrogens is 2. The third kappa shape index (κ3) is 3.34. The van der Waals surface area contributed by atoms with Gasteiger partial charge in [0, 0.05) is 32.0 Å². The van der Waals surface area contributed by atoms with Crippen molar-refractivity contribution >= 4 is 22.8 Å². The number of carbonyl (C=O) groups excluding carboxylic acids is 2. The van der Waals surface area contributed by atoms with Crippen LogP contribution in [0, 0.1) is 11.6 Å². The van der Waals surface area contributed by atoms with Crippen molar-refractivity contribution in [3.05, 3.63) is 71.6 Å². The second kappa shape index (κ2) is 7.80. The monoisotopic (exact) mass is 464 g/mol. The lowest BCUT2D eigenvalue weighted by Crippen LogP contribution is -2.51. The van der Waals surface area contributed by atoms with Crippen molar-refractivity contribution in [2.45, 2.75) is 43.6 Å². The molecule has 7 nitrogen and oxygen atoms in total. The maximum atomic E-state index is 13.8. The molecule has 0 N–H and O–H groups in total. The highest BCUT2D eigenvalue weighted by Gasteiger charge is 2.58. The van der Waals surface area contributed by atoms with Crippen molar-refractivity contribution in [1.82, 2.24) is 19.8 Å². The van der Waals surface area contributed by atoms with Crippen molar-refractivity contribution < 1.29 is 23.1 Å². The molecule has 3 fully saturated rings. The van der Waals surface area contributed by atoms with Gasteiger partial charge in [0.25, 0.3) is 11.8 Å². The van der Waals surface area contributed by atoms with Crippen LogP contribution in [0.1, 0.15) is 47.8 Å². The Kier molecular flexibility index (Phi) is 4.84. The van der Waals surface area contributed by atoms with Crippen LogP contribution in [0.2, 0.25) is 0 Å². The van der Waals surface area contributed by atoms with Gasteiger partial charge in [0.1, 0.15) is 23.6 Å². The van der Waals surface area contributed by atoms with Gasteiger partial charge < -0.3 is 14.5 Å². The van der Waals surface area contributed by atoms with Gasteiger partial charge in [0.2, 0.25) is 0 Å². The fourth-order valence-corrected chi connectivity index (χ4v) is 5.43. The van der Waals surface area contributed by atoms with Gasteiger partial charge in [0.15, 0.2) is 5.60 Å². The van der Waals surface area contributed by atoms with E-state index >= 15 is 0 Å². The Labute approximate surface area is 194 Å². The van der Waals surface area contributed by atoms with Gasteiger partial charge in [-0.05, 0) is 42.7 Å².